The summed E-state index contributed by atoms with van der Waals surface area (Å²) in [4.78, 5) is 13.1. The van der Waals surface area contributed by atoms with Gasteiger partial charge in [0, 0.05) is 36.1 Å². The number of amides is 1. The summed E-state index contributed by atoms with van der Waals surface area (Å²) >= 11 is 0. The Labute approximate surface area is 210 Å². The summed E-state index contributed by atoms with van der Waals surface area (Å²) in [6.07, 6.45) is 0.823. The second-order valence-electron chi connectivity index (χ2n) is 8.99. The van der Waals surface area contributed by atoms with E-state index in [1.54, 1.807) is 0 Å². The molecule has 36 heavy (non-hydrogen) atoms. The topological polar surface area (TPSA) is 110 Å². The number of nitrogens with two attached hydrogens (primary N) is 2. The Balaban J connectivity index is 1.65. The molecule has 5 rings (SSSR count). The van der Waals surface area contributed by atoms with Crippen molar-refractivity contribution in [3.63, 3.8) is 0 Å². The minimum Gasteiger partial charge on any atom is -0.384 e. The number of hydrogen-bond acceptors (Lipinski definition) is 3. The molecule has 6 nitrogen and oxygen atoms in total. The van der Waals surface area contributed by atoms with Gasteiger partial charge in [0.25, 0.3) is 5.91 Å². The first-order valence-electron chi connectivity index (χ1n) is 12.0. The standard InChI is InChI=1S/C30H29N5O/c31-12-13-34-30(36)28-17-23-10-11-24(29(32)33)18-27(23)35(28)19-25-16-21(14-20-6-2-1-3-7-20)15-22-8-4-5-9-26(22)25/h1-11,15-18H,12-14,19,31H2,(H3,32,33)(H,34,36). The molecule has 0 bridgehead atoms. The molecule has 0 unspecified atom stereocenters. The quantitative estimate of drug-likeness (QED) is 0.197. The molecule has 1 heterocycles. The van der Waals surface area contributed by atoms with Crippen LogP contribution in [0, 0.1) is 5.41 Å². The summed E-state index contributed by atoms with van der Waals surface area (Å²) in [5.41, 5.74) is 17.0. The van der Waals surface area contributed by atoms with Gasteiger partial charge in [-0.1, -0.05) is 78.9 Å². The molecule has 0 aliphatic heterocycles. The Kier molecular flexibility index (Phi) is 6.52. The van der Waals surface area contributed by atoms with Crippen LogP contribution in [0.5, 0.6) is 0 Å². The van der Waals surface area contributed by atoms with E-state index >= 15 is 0 Å². The smallest absolute Gasteiger partial charge is 0.267 e. The third kappa shape index (κ3) is 4.72. The summed E-state index contributed by atoms with van der Waals surface area (Å²) in [6.45, 7) is 1.26. The lowest BCUT2D eigenvalue weighted by Gasteiger charge is -2.15. The minimum absolute atomic E-state index is 0.00547. The van der Waals surface area contributed by atoms with Crippen molar-refractivity contribution in [3.8, 4) is 0 Å². The number of hydrogen-bond donors (Lipinski definition) is 4. The van der Waals surface area contributed by atoms with Gasteiger partial charge in [0.05, 0.1) is 0 Å². The van der Waals surface area contributed by atoms with Crippen LogP contribution in [-0.2, 0) is 13.0 Å². The molecule has 0 atom stereocenters. The van der Waals surface area contributed by atoms with E-state index in [1.165, 1.54) is 11.1 Å². The van der Waals surface area contributed by atoms with Gasteiger partial charge in [-0.05, 0) is 46.0 Å². The van der Waals surface area contributed by atoms with E-state index in [4.69, 9.17) is 16.9 Å². The highest BCUT2D eigenvalue weighted by molar-refractivity contribution is 6.02. The molecule has 4 aromatic carbocycles. The molecule has 0 aliphatic rings. The van der Waals surface area contributed by atoms with Crippen LogP contribution in [-0.4, -0.2) is 29.4 Å². The number of fused-ring (bicyclic) bond motifs is 2. The lowest BCUT2D eigenvalue weighted by molar-refractivity contribution is 0.0946. The summed E-state index contributed by atoms with van der Waals surface area (Å²) in [7, 11) is 0. The largest absolute Gasteiger partial charge is 0.384 e. The molecule has 6 N–H and O–H groups in total. The van der Waals surface area contributed by atoms with Crippen molar-refractivity contribution in [3.05, 3.63) is 119 Å². The highest BCUT2D eigenvalue weighted by Crippen LogP contribution is 2.28. The molecule has 0 spiro atoms. The molecule has 0 saturated carbocycles. The van der Waals surface area contributed by atoms with Gasteiger partial charge in [-0.15, -0.1) is 0 Å². The van der Waals surface area contributed by atoms with Crippen LogP contribution >= 0.6 is 0 Å². The molecule has 5 aromatic rings. The predicted molar refractivity (Wildman–Crippen MR) is 147 cm³/mol. The molecule has 0 fully saturated rings. The Morgan fingerprint density at radius 1 is 0.861 bits per heavy atom. The van der Waals surface area contributed by atoms with Crippen LogP contribution in [0.3, 0.4) is 0 Å². The third-order valence-electron chi connectivity index (χ3n) is 6.46. The van der Waals surface area contributed by atoms with Crippen molar-refractivity contribution < 1.29 is 4.79 Å². The molecule has 1 aromatic heterocycles. The summed E-state index contributed by atoms with van der Waals surface area (Å²) in [5, 5.41) is 14.0. The van der Waals surface area contributed by atoms with Crippen molar-refractivity contribution in [2.75, 3.05) is 13.1 Å². The second kappa shape index (κ2) is 10.1. The first kappa shape index (κ1) is 23.3. The van der Waals surface area contributed by atoms with Crippen molar-refractivity contribution in [2.24, 2.45) is 11.5 Å². The van der Waals surface area contributed by atoms with E-state index < -0.39 is 0 Å². The molecular formula is C30H29N5O. The molecule has 0 radical (unpaired) electrons. The molecule has 0 aliphatic carbocycles. The lowest BCUT2D eigenvalue weighted by atomic mass is 9.97. The lowest BCUT2D eigenvalue weighted by Crippen LogP contribution is -2.30. The van der Waals surface area contributed by atoms with Gasteiger partial charge in [-0.25, -0.2) is 0 Å². The Morgan fingerprint density at radius 2 is 1.64 bits per heavy atom. The van der Waals surface area contributed by atoms with E-state index in [0.717, 1.165) is 33.7 Å². The number of carbonyl (C=O) groups excluding carboxylic acids is 1. The molecule has 6 heteroatoms. The summed E-state index contributed by atoms with van der Waals surface area (Å²) in [5.74, 6) is -0.181. The Hall–Kier alpha value is -4.42. The fourth-order valence-electron chi connectivity index (χ4n) is 4.75. The van der Waals surface area contributed by atoms with Crippen LogP contribution in [0.4, 0.5) is 0 Å². The fraction of sp³-hybridized carbons (Fsp3) is 0.133. The minimum atomic E-state index is -0.175. The predicted octanol–water partition coefficient (Wildman–Crippen LogP) is 4.41. The van der Waals surface area contributed by atoms with E-state index in [2.05, 4.69) is 53.8 Å². The number of benzene rings is 4. The average molecular weight is 476 g/mol. The monoisotopic (exact) mass is 475 g/mol. The SMILES string of the molecule is N=C(N)c1ccc2cc(C(=O)NCCN)n(Cc3cc(Cc4ccccc4)cc4ccccc34)c2c1. The van der Waals surface area contributed by atoms with E-state index in [0.29, 0.717) is 30.9 Å². The molecule has 1 amide bonds. The van der Waals surface area contributed by atoms with E-state index in [-0.39, 0.29) is 11.7 Å². The number of nitrogen functional groups attached to an aromatic ring is 1. The highest BCUT2D eigenvalue weighted by atomic mass is 16.1. The van der Waals surface area contributed by atoms with Crippen LogP contribution in [0.2, 0.25) is 0 Å². The normalized spacial score (nSPS) is 11.1. The third-order valence-corrected chi connectivity index (χ3v) is 6.46. The number of nitrogens with zero attached hydrogens (tertiary/aromatic N) is 1. The molecule has 180 valence electrons. The fourth-order valence-corrected chi connectivity index (χ4v) is 4.75. The maximum atomic E-state index is 13.1. The van der Waals surface area contributed by atoms with Crippen LogP contribution in [0.15, 0.2) is 91.0 Å². The van der Waals surface area contributed by atoms with Crippen molar-refractivity contribution in [2.45, 2.75) is 13.0 Å². The first-order valence-corrected chi connectivity index (χ1v) is 12.0. The molecule has 0 saturated heterocycles. The van der Waals surface area contributed by atoms with Gasteiger partial charge in [0.2, 0.25) is 0 Å². The number of aromatic nitrogens is 1. The Bertz CT molecular complexity index is 1570. The number of amidine groups is 1. The Morgan fingerprint density at radius 3 is 2.42 bits per heavy atom. The number of rotatable bonds is 8. The van der Waals surface area contributed by atoms with Gasteiger partial charge in [0.15, 0.2) is 0 Å². The summed E-state index contributed by atoms with van der Waals surface area (Å²) < 4.78 is 2.02. The average Bonchev–Trinajstić information content (AvgIpc) is 3.25. The van der Waals surface area contributed by atoms with Gasteiger partial charge < -0.3 is 21.4 Å². The zero-order valence-electron chi connectivity index (χ0n) is 20.0. The van der Waals surface area contributed by atoms with Crippen molar-refractivity contribution in [1.29, 1.82) is 5.41 Å². The van der Waals surface area contributed by atoms with E-state index in [9.17, 15) is 4.79 Å². The van der Waals surface area contributed by atoms with Crippen LogP contribution in [0.1, 0.15) is 32.7 Å². The van der Waals surface area contributed by atoms with Gasteiger partial charge in [-0.2, -0.15) is 0 Å². The first-order chi connectivity index (χ1) is 17.5. The zero-order valence-corrected chi connectivity index (χ0v) is 20.0. The van der Waals surface area contributed by atoms with E-state index in [1.807, 2.05) is 47.0 Å². The van der Waals surface area contributed by atoms with Crippen molar-refractivity contribution >= 4 is 33.4 Å². The van der Waals surface area contributed by atoms with Crippen LogP contribution < -0.4 is 16.8 Å². The zero-order chi connectivity index (χ0) is 25.1. The molecular weight excluding hydrogens is 446 g/mol. The maximum Gasteiger partial charge on any atom is 0.267 e. The second-order valence-corrected chi connectivity index (χ2v) is 8.99. The van der Waals surface area contributed by atoms with Crippen molar-refractivity contribution in [1.82, 2.24) is 9.88 Å². The number of nitrogens with one attached hydrogen (secondary N) is 2. The summed E-state index contributed by atoms with van der Waals surface area (Å²) in [6, 6.07) is 30.7. The number of carbonyl (C=O) groups is 1. The maximum absolute atomic E-state index is 13.1. The van der Waals surface area contributed by atoms with Gasteiger partial charge in [0.1, 0.15) is 11.5 Å². The highest BCUT2D eigenvalue weighted by Gasteiger charge is 2.18. The van der Waals surface area contributed by atoms with Gasteiger partial charge >= 0.3 is 0 Å². The van der Waals surface area contributed by atoms with Crippen LogP contribution in [0.25, 0.3) is 21.7 Å². The van der Waals surface area contributed by atoms with Gasteiger partial charge in [-0.3, -0.25) is 10.2 Å².